The van der Waals surface area contributed by atoms with E-state index in [9.17, 15) is 23.3 Å². The van der Waals surface area contributed by atoms with Crippen LogP contribution in [0.1, 0.15) is 17.5 Å². The van der Waals surface area contributed by atoms with Gasteiger partial charge in [-0.25, -0.2) is 4.98 Å². The van der Waals surface area contributed by atoms with E-state index in [1.807, 2.05) is 25.2 Å². The molecule has 8 nitrogen and oxygen atoms in total. The van der Waals surface area contributed by atoms with E-state index in [0.717, 1.165) is 37.8 Å². The quantitative estimate of drug-likeness (QED) is 0.127. The number of halogens is 3. The van der Waals surface area contributed by atoms with Crippen LogP contribution < -0.4 is 14.8 Å². The minimum Gasteiger partial charge on any atom is -0.493 e. The second-order valence-electron chi connectivity index (χ2n) is 8.92. The third kappa shape index (κ3) is 6.94. The summed E-state index contributed by atoms with van der Waals surface area (Å²) in [6.45, 7) is 1.99. The topological polar surface area (TPSA) is 89.8 Å². The Hall–Kier alpha value is -4.38. The zero-order valence-corrected chi connectivity index (χ0v) is 21.4. The number of alkyl halides is 3. The van der Waals surface area contributed by atoms with Gasteiger partial charge in [0.1, 0.15) is 11.9 Å². The number of anilines is 2. The lowest BCUT2D eigenvalue weighted by molar-refractivity contribution is -0.384. The third-order valence-electron chi connectivity index (χ3n) is 6.03. The van der Waals surface area contributed by atoms with Gasteiger partial charge in [-0.15, -0.1) is 0 Å². The fourth-order valence-corrected chi connectivity index (χ4v) is 4.14. The molecule has 39 heavy (non-hydrogen) atoms. The maximum atomic E-state index is 13.2. The smallest absolute Gasteiger partial charge is 0.416 e. The number of fused-ring (bicyclic) bond motifs is 1. The molecule has 0 atom stereocenters. The number of rotatable bonds is 11. The van der Waals surface area contributed by atoms with Gasteiger partial charge in [0.25, 0.3) is 0 Å². The highest BCUT2D eigenvalue weighted by molar-refractivity contribution is 5.99. The number of hydrogen-bond acceptors (Lipinski definition) is 7. The van der Waals surface area contributed by atoms with Gasteiger partial charge in [-0.3, -0.25) is 10.1 Å². The molecule has 0 fully saturated rings. The van der Waals surface area contributed by atoms with Crippen LogP contribution in [0.5, 0.6) is 11.5 Å². The van der Waals surface area contributed by atoms with Crippen molar-refractivity contribution in [2.75, 3.05) is 32.6 Å². The standard InChI is InChI=1S/C28H27F3N4O4/c1-34(18-19-8-4-3-5-9-19)12-7-13-39-26-16-23-22(15-25(26)38-2)27(24(17-32-23)35(36)37)33-21-11-6-10-20(14-21)28(29,30)31/h3-6,8-11,14-17H,7,12-13,18H2,1-2H3,(H,32,33). The van der Waals surface area contributed by atoms with Crippen LogP contribution in [-0.4, -0.2) is 42.1 Å². The number of hydrogen-bond donors (Lipinski definition) is 1. The molecule has 0 amide bonds. The molecule has 0 radical (unpaired) electrons. The highest BCUT2D eigenvalue weighted by atomic mass is 19.4. The Kier molecular flexibility index (Phi) is 8.50. The molecule has 0 saturated heterocycles. The number of nitrogens with one attached hydrogen (secondary N) is 1. The van der Waals surface area contributed by atoms with E-state index in [1.54, 1.807) is 6.07 Å². The number of ether oxygens (including phenoxy) is 2. The van der Waals surface area contributed by atoms with Gasteiger partial charge in [0, 0.05) is 30.2 Å². The maximum absolute atomic E-state index is 13.2. The van der Waals surface area contributed by atoms with E-state index >= 15 is 0 Å². The first-order chi connectivity index (χ1) is 18.7. The molecular weight excluding hydrogens is 513 g/mol. The monoisotopic (exact) mass is 540 g/mol. The average Bonchev–Trinajstić information content (AvgIpc) is 2.91. The molecular formula is C28H27F3N4O4. The van der Waals surface area contributed by atoms with Crippen LogP contribution in [0.4, 0.5) is 30.2 Å². The van der Waals surface area contributed by atoms with E-state index in [4.69, 9.17) is 9.47 Å². The molecule has 0 aliphatic heterocycles. The van der Waals surface area contributed by atoms with Crippen molar-refractivity contribution in [2.45, 2.75) is 19.1 Å². The summed E-state index contributed by atoms with van der Waals surface area (Å²) in [5, 5.41) is 14.8. The van der Waals surface area contributed by atoms with Crippen LogP contribution in [0, 0.1) is 10.1 Å². The van der Waals surface area contributed by atoms with Gasteiger partial charge in [0.05, 0.1) is 29.7 Å². The van der Waals surface area contributed by atoms with Crippen LogP contribution in [0.2, 0.25) is 0 Å². The van der Waals surface area contributed by atoms with E-state index in [-0.39, 0.29) is 11.4 Å². The van der Waals surface area contributed by atoms with Gasteiger partial charge in [-0.05, 0) is 43.3 Å². The molecule has 0 bridgehead atoms. The van der Waals surface area contributed by atoms with Crippen LogP contribution in [0.3, 0.4) is 0 Å². The van der Waals surface area contributed by atoms with Gasteiger partial charge >= 0.3 is 11.9 Å². The molecule has 1 aromatic heterocycles. The summed E-state index contributed by atoms with van der Waals surface area (Å²) < 4.78 is 51.0. The number of nitro groups is 1. The summed E-state index contributed by atoms with van der Waals surface area (Å²) in [5.41, 5.74) is 0.336. The Bertz CT molecular complexity index is 1450. The zero-order valence-electron chi connectivity index (χ0n) is 21.4. The highest BCUT2D eigenvalue weighted by Crippen LogP contribution is 2.40. The lowest BCUT2D eigenvalue weighted by Gasteiger charge is -2.18. The van der Waals surface area contributed by atoms with Crippen LogP contribution in [0.15, 0.2) is 72.9 Å². The summed E-state index contributed by atoms with van der Waals surface area (Å²) in [6, 6.07) is 17.7. The Morgan fingerprint density at radius 3 is 2.51 bits per heavy atom. The Morgan fingerprint density at radius 1 is 1.05 bits per heavy atom. The number of nitrogens with zero attached hydrogens (tertiary/aromatic N) is 3. The Labute approximate surface area is 223 Å². The molecule has 0 saturated carbocycles. The number of pyridine rings is 1. The molecule has 1 heterocycles. The van der Waals surface area contributed by atoms with Crippen molar-refractivity contribution in [2.24, 2.45) is 0 Å². The maximum Gasteiger partial charge on any atom is 0.416 e. The number of aromatic nitrogens is 1. The predicted octanol–water partition coefficient (Wildman–Crippen LogP) is 6.81. The summed E-state index contributed by atoms with van der Waals surface area (Å²) in [6.07, 6.45) is -2.76. The van der Waals surface area contributed by atoms with Crippen molar-refractivity contribution in [1.82, 2.24) is 9.88 Å². The first-order valence-corrected chi connectivity index (χ1v) is 12.1. The van der Waals surface area contributed by atoms with E-state index < -0.39 is 22.4 Å². The second-order valence-corrected chi connectivity index (χ2v) is 8.92. The Morgan fingerprint density at radius 2 is 1.82 bits per heavy atom. The van der Waals surface area contributed by atoms with Gasteiger partial charge in [0.15, 0.2) is 11.5 Å². The zero-order chi connectivity index (χ0) is 28.0. The summed E-state index contributed by atoms with van der Waals surface area (Å²) in [7, 11) is 3.46. The molecule has 4 rings (SSSR count). The van der Waals surface area contributed by atoms with Gasteiger partial charge in [-0.2, -0.15) is 13.2 Å². The normalized spacial score (nSPS) is 11.5. The van der Waals surface area contributed by atoms with Crippen molar-refractivity contribution < 1.29 is 27.6 Å². The largest absolute Gasteiger partial charge is 0.493 e. The van der Waals surface area contributed by atoms with Gasteiger partial charge < -0.3 is 19.7 Å². The fraction of sp³-hybridized carbons (Fsp3) is 0.250. The van der Waals surface area contributed by atoms with Crippen LogP contribution >= 0.6 is 0 Å². The molecule has 0 aliphatic carbocycles. The van der Waals surface area contributed by atoms with Crippen LogP contribution in [-0.2, 0) is 12.7 Å². The molecule has 1 N–H and O–H groups in total. The minimum atomic E-state index is -4.56. The van der Waals surface area contributed by atoms with Crippen molar-refractivity contribution >= 4 is 28.0 Å². The third-order valence-corrected chi connectivity index (χ3v) is 6.03. The second kappa shape index (κ2) is 12.0. The van der Waals surface area contributed by atoms with E-state index in [1.165, 1.54) is 30.9 Å². The summed E-state index contributed by atoms with van der Waals surface area (Å²) >= 11 is 0. The average molecular weight is 541 g/mol. The molecule has 4 aromatic rings. The van der Waals surface area contributed by atoms with E-state index in [0.29, 0.717) is 29.0 Å². The molecule has 0 aliphatic rings. The summed E-state index contributed by atoms with van der Waals surface area (Å²) in [5.74, 6) is 0.719. The van der Waals surface area contributed by atoms with Crippen molar-refractivity contribution in [3.05, 3.63) is 94.2 Å². The first kappa shape index (κ1) is 27.6. The summed E-state index contributed by atoms with van der Waals surface area (Å²) in [4.78, 5) is 17.5. The molecule has 11 heteroatoms. The molecule has 0 spiro atoms. The van der Waals surface area contributed by atoms with Gasteiger partial charge in [-0.1, -0.05) is 36.4 Å². The number of methoxy groups -OCH3 is 1. The van der Waals surface area contributed by atoms with Crippen LogP contribution in [0.25, 0.3) is 10.9 Å². The lowest BCUT2D eigenvalue weighted by atomic mass is 10.1. The SMILES string of the molecule is COc1cc2c(Nc3cccc(C(F)(F)F)c3)c([N+](=O)[O-])cnc2cc1OCCCN(C)Cc1ccccc1. The number of benzene rings is 3. The van der Waals surface area contributed by atoms with E-state index in [2.05, 4.69) is 27.3 Å². The first-order valence-electron chi connectivity index (χ1n) is 12.1. The molecule has 0 unspecified atom stereocenters. The minimum absolute atomic E-state index is 0.00305. The van der Waals surface area contributed by atoms with Crippen molar-refractivity contribution in [1.29, 1.82) is 0 Å². The van der Waals surface area contributed by atoms with Crippen molar-refractivity contribution in [3.63, 3.8) is 0 Å². The molecule has 204 valence electrons. The van der Waals surface area contributed by atoms with Crippen molar-refractivity contribution in [3.8, 4) is 11.5 Å². The highest BCUT2D eigenvalue weighted by Gasteiger charge is 2.30. The fourth-order valence-electron chi connectivity index (χ4n) is 4.14. The lowest BCUT2D eigenvalue weighted by Crippen LogP contribution is -2.20. The molecule has 3 aromatic carbocycles. The predicted molar refractivity (Wildman–Crippen MR) is 143 cm³/mol. The Balaban J connectivity index is 1.54. The van der Waals surface area contributed by atoms with Gasteiger partial charge in [0.2, 0.25) is 0 Å².